The summed E-state index contributed by atoms with van der Waals surface area (Å²) in [5.41, 5.74) is 8.09. The van der Waals surface area contributed by atoms with E-state index >= 15 is 0 Å². The molecule has 0 saturated carbocycles. The van der Waals surface area contributed by atoms with Gasteiger partial charge in [-0.05, 0) is 42.7 Å². The number of unbranched alkanes of at least 4 members (excludes halogenated alkanes) is 1. The maximum atomic E-state index is 12.2. The molecule has 0 aliphatic rings. The molecule has 0 unspecified atom stereocenters. The van der Waals surface area contributed by atoms with E-state index in [0.717, 1.165) is 35.8 Å². The molecule has 0 amide bonds. The van der Waals surface area contributed by atoms with Crippen molar-refractivity contribution in [1.29, 1.82) is 0 Å². The number of hydrogen-bond donors (Lipinski definition) is 4. The zero-order chi connectivity index (χ0) is 21.7. The fraction of sp³-hybridized carbons (Fsp3) is 0.409. The van der Waals surface area contributed by atoms with Crippen LogP contribution in [0.3, 0.4) is 0 Å². The number of methoxy groups -OCH3 is 1. The highest BCUT2D eigenvalue weighted by atomic mass is 16.5. The first kappa shape index (κ1) is 21.7. The standard InChI is InChI=1S/C22H29N5O3/c1-4-5-9-22(2,13-28)27-19-16-7-6-14(11-18(16)25-21(23)26-19)15-8-10-24-20(29)17(15)12-30-3/h6-8,10-11,28H,4-5,9,12-13H2,1-3H3,(H,24,29)(H3,23,25,26,27)/t22-/m1/s1. The van der Waals surface area contributed by atoms with Gasteiger partial charge in [-0.15, -0.1) is 0 Å². The smallest absolute Gasteiger partial charge is 0.254 e. The summed E-state index contributed by atoms with van der Waals surface area (Å²) >= 11 is 0. The van der Waals surface area contributed by atoms with Crippen LogP contribution in [0.2, 0.25) is 0 Å². The van der Waals surface area contributed by atoms with Crippen molar-refractivity contribution < 1.29 is 9.84 Å². The number of nitrogens with zero attached hydrogens (tertiary/aromatic N) is 2. The molecule has 5 N–H and O–H groups in total. The van der Waals surface area contributed by atoms with Gasteiger partial charge >= 0.3 is 0 Å². The number of H-pyrrole nitrogens is 1. The largest absolute Gasteiger partial charge is 0.394 e. The van der Waals surface area contributed by atoms with Crippen molar-refractivity contribution >= 4 is 22.7 Å². The van der Waals surface area contributed by atoms with Gasteiger partial charge in [0.15, 0.2) is 0 Å². The predicted molar refractivity (Wildman–Crippen MR) is 119 cm³/mol. The maximum Gasteiger partial charge on any atom is 0.254 e. The third-order valence-electron chi connectivity index (χ3n) is 5.23. The van der Waals surface area contributed by atoms with E-state index in [2.05, 4.69) is 27.2 Å². The van der Waals surface area contributed by atoms with Gasteiger partial charge in [0.25, 0.3) is 5.56 Å². The second kappa shape index (κ2) is 9.23. The fourth-order valence-electron chi connectivity index (χ4n) is 3.51. The molecular weight excluding hydrogens is 382 g/mol. The Kier molecular flexibility index (Phi) is 6.69. The van der Waals surface area contributed by atoms with E-state index in [9.17, 15) is 9.90 Å². The summed E-state index contributed by atoms with van der Waals surface area (Å²) in [5, 5.41) is 14.1. The molecule has 1 aromatic carbocycles. The molecule has 0 saturated heterocycles. The number of nitrogens with one attached hydrogen (secondary N) is 2. The van der Waals surface area contributed by atoms with Crippen LogP contribution in [-0.2, 0) is 11.3 Å². The van der Waals surface area contributed by atoms with Gasteiger partial charge in [-0.2, -0.15) is 4.98 Å². The zero-order valence-corrected chi connectivity index (χ0v) is 17.7. The summed E-state index contributed by atoms with van der Waals surface area (Å²) in [5.74, 6) is 0.723. The maximum absolute atomic E-state index is 12.2. The van der Waals surface area contributed by atoms with Crippen LogP contribution in [0.4, 0.5) is 11.8 Å². The van der Waals surface area contributed by atoms with Crippen LogP contribution < -0.4 is 16.6 Å². The first-order chi connectivity index (χ1) is 14.4. The Labute approximate surface area is 175 Å². The molecule has 2 aromatic heterocycles. The molecule has 8 nitrogen and oxygen atoms in total. The highest BCUT2D eigenvalue weighted by Crippen LogP contribution is 2.30. The molecular formula is C22H29N5O3. The van der Waals surface area contributed by atoms with Crippen LogP contribution in [-0.4, -0.2) is 39.3 Å². The van der Waals surface area contributed by atoms with Gasteiger partial charge in [0.1, 0.15) is 5.82 Å². The van der Waals surface area contributed by atoms with E-state index in [0.29, 0.717) is 16.9 Å². The van der Waals surface area contributed by atoms with Crippen molar-refractivity contribution in [1.82, 2.24) is 15.0 Å². The number of aliphatic hydroxyl groups is 1. The van der Waals surface area contributed by atoms with Crippen LogP contribution in [0.1, 0.15) is 38.7 Å². The fourth-order valence-corrected chi connectivity index (χ4v) is 3.51. The van der Waals surface area contributed by atoms with Crippen molar-refractivity contribution in [2.75, 3.05) is 24.8 Å². The van der Waals surface area contributed by atoms with Crippen molar-refractivity contribution in [3.63, 3.8) is 0 Å². The summed E-state index contributed by atoms with van der Waals surface area (Å²) in [4.78, 5) is 23.7. The van der Waals surface area contributed by atoms with Gasteiger partial charge in [0.2, 0.25) is 5.95 Å². The van der Waals surface area contributed by atoms with Gasteiger partial charge in [0.05, 0.1) is 29.8 Å². The lowest BCUT2D eigenvalue weighted by molar-refractivity contribution is 0.184. The highest BCUT2D eigenvalue weighted by Gasteiger charge is 2.24. The van der Waals surface area contributed by atoms with Crippen molar-refractivity contribution in [3.05, 3.63) is 46.4 Å². The van der Waals surface area contributed by atoms with Crippen LogP contribution in [0.25, 0.3) is 22.0 Å². The molecule has 0 bridgehead atoms. The lowest BCUT2D eigenvalue weighted by Crippen LogP contribution is -2.39. The number of rotatable bonds is 9. The Balaban J connectivity index is 2.07. The molecule has 30 heavy (non-hydrogen) atoms. The van der Waals surface area contributed by atoms with Crippen LogP contribution in [0.5, 0.6) is 0 Å². The Bertz CT molecular complexity index is 1080. The molecule has 0 aliphatic carbocycles. The monoisotopic (exact) mass is 411 g/mol. The van der Waals surface area contributed by atoms with Crippen molar-refractivity contribution in [2.24, 2.45) is 0 Å². The first-order valence-corrected chi connectivity index (χ1v) is 10.1. The van der Waals surface area contributed by atoms with E-state index in [1.54, 1.807) is 13.3 Å². The third-order valence-corrected chi connectivity index (χ3v) is 5.23. The SMILES string of the molecule is CCCC[C@](C)(CO)Nc1nc(N)nc2cc(-c3cc[nH]c(=O)c3COC)ccc12. The number of fused-ring (bicyclic) bond motifs is 1. The zero-order valence-electron chi connectivity index (χ0n) is 17.7. The Hall–Kier alpha value is -2.97. The van der Waals surface area contributed by atoms with Gasteiger partial charge in [-0.25, -0.2) is 4.98 Å². The molecule has 0 fully saturated rings. The van der Waals surface area contributed by atoms with Gasteiger partial charge in [-0.3, -0.25) is 4.79 Å². The quantitative estimate of drug-likeness (QED) is 0.426. The normalized spacial score (nSPS) is 13.3. The Morgan fingerprint density at radius 3 is 2.80 bits per heavy atom. The Morgan fingerprint density at radius 2 is 2.10 bits per heavy atom. The average molecular weight is 412 g/mol. The van der Waals surface area contributed by atoms with E-state index in [1.807, 2.05) is 31.2 Å². The first-order valence-electron chi connectivity index (χ1n) is 10.1. The van der Waals surface area contributed by atoms with Crippen molar-refractivity contribution in [3.8, 4) is 11.1 Å². The number of aromatic amines is 1. The van der Waals surface area contributed by atoms with Crippen LogP contribution in [0, 0.1) is 0 Å². The summed E-state index contributed by atoms with van der Waals surface area (Å²) in [7, 11) is 1.55. The number of pyridine rings is 1. The van der Waals surface area contributed by atoms with E-state index in [1.165, 1.54) is 0 Å². The van der Waals surface area contributed by atoms with Crippen LogP contribution in [0.15, 0.2) is 35.3 Å². The number of hydrogen-bond acceptors (Lipinski definition) is 7. The highest BCUT2D eigenvalue weighted by molar-refractivity contribution is 5.93. The minimum Gasteiger partial charge on any atom is -0.394 e. The number of anilines is 2. The number of ether oxygens (including phenoxy) is 1. The van der Waals surface area contributed by atoms with E-state index in [-0.39, 0.29) is 24.7 Å². The van der Waals surface area contributed by atoms with Crippen LogP contribution >= 0.6 is 0 Å². The molecule has 1 atom stereocenters. The topological polar surface area (TPSA) is 126 Å². The molecule has 8 heteroatoms. The second-order valence-corrected chi connectivity index (χ2v) is 7.74. The van der Waals surface area contributed by atoms with E-state index in [4.69, 9.17) is 10.5 Å². The minimum absolute atomic E-state index is 0.0242. The number of nitrogens with two attached hydrogens (primary N) is 1. The van der Waals surface area contributed by atoms with Gasteiger partial charge < -0.3 is 25.9 Å². The lowest BCUT2D eigenvalue weighted by atomic mass is 9.95. The van der Waals surface area contributed by atoms with Gasteiger partial charge in [-0.1, -0.05) is 25.8 Å². The average Bonchev–Trinajstić information content (AvgIpc) is 2.73. The molecule has 0 spiro atoms. The summed E-state index contributed by atoms with van der Waals surface area (Å²) in [6, 6.07) is 7.55. The summed E-state index contributed by atoms with van der Waals surface area (Å²) in [6.07, 6.45) is 4.43. The molecule has 3 rings (SSSR count). The van der Waals surface area contributed by atoms with Gasteiger partial charge in [0, 0.05) is 18.7 Å². The predicted octanol–water partition coefficient (Wildman–Crippen LogP) is 3.07. The molecule has 0 aliphatic heterocycles. The number of nitrogen functional groups attached to an aromatic ring is 1. The third kappa shape index (κ3) is 4.60. The molecule has 2 heterocycles. The summed E-state index contributed by atoms with van der Waals surface area (Å²) < 4.78 is 5.20. The Morgan fingerprint density at radius 1 is 1.30 bits per heavy atom. The van der Waals surface area contributed by atoms with E-state index < -0.39 is 5.54 Å². The number of aliphatic hydroxyl groups excluding tert-OH is 1. The summed E-state index contributed by atoms with van der Waals surface area (Å²) in [6.45, 7) is 4.26. The minimum atomic E-state index is -0.513. The number of benzene rings is 1. The number of aromatic nitrogens is 3. The second-order valence-electron chi connectivity index (χ2n) is 7.74. The van der Waals surface area contributed by atoms with Crippen molar-refractivity contribution in [2.45, 2.75) is 45.3 Å². The molecule has 3 aromatic rings. The molecule has 0 radical (unpaired) electrons. The lowest BCUT2D eigenvalue weighted by Gasteiger charge is -2.30. The molecule has 160 valence electrons.